The van der Waals surface area contributed by atoms with E-state index in [4.69, 9.17) is 9.84 Å². The summed E-state index contributed by atoms with van der Waals surface area (Å²) in [6, 6.07) is 15.4. The molecule has 0 bridgehead atoms. The molecule has 3 aromatic rings. The van der Waals surface area contributed by atoms with Crippen LogP contribution in [0.4, 0.5) is 23.0 Å². The van der Waals surface area contributed by atoms with Crippen molar-refractivity contribution >= 4 is 46.6 Å². The molecule has 1 amide bonds. The first kappa shape index (κ1) is 24.2. The minimum absolute atomic E-state index is 0.506. The van der Waals surface area contributed by atoms with Crippen LogP contribution in [-0.2, 0) is 14.3 Å². The normalized spacial score (nSPS) is 13.6. The summed E-state index contributed by atoms with van der Waals surface area (Å²) in [4.78, 5) is 34.5. The van der Waals surface area contributed by atoms with Crippen LogP contribution in [-0.4, -0.2) is 53.3 Å². The van der Waals surface area contributed by atoms with Crippen molar-refractivity contribution in [3.63, 3.8) is 0 Å². The van der Waals surface area contributed by atoms with Gasteiger partial charge in [-0.1, -0.05) is 11.8 Å². The van der Waals surface area contributed by atoms with Gasteiger partial charge in [-0.05, 0) is 55.5 Å². The number of anilines is 4. The maximum absolute atomic E-state index is 11.7. The largest absolute Gasteiger partial charge is 0.478 e. The molecule has 0 radical (unpaired) electrons. The number of benzene rings is 2. The zero-order valence-electron chi connectivity index (χ0n) is 19.1. The Morgan fingerprint density at radius 1 is 1.03 bits per heavy atom. The number of morpholine rings is 1. The molecule has 9 nitrogen and oxygen atoms in total. The molecule has 2 heterocycles. The summed E-state index contributed by atoms with van der Waals surface area (Å²) in [6.07, 6.45) is 3.55. The summed E-state index contributed by atoms with van der Waals surface area (Å²) in [5, 5.41) is 15.3. The van der Waals surface area contributed by atoms with Crippen LogP contribution in [0.3, 0.4) is 0 Å². The number of aliphatic carboxylic acids is 1. The van der Waals surface area contributed by atoms with Crippen molar-refractivity contribution in [2.24, 2.45) is 0 Å². The first-order chi connectivity index (χ1) is 17.0. The Kier molecular flexibility index (Phi) is 7.96. The Labute approximate surface area is 207 Å². The van der Waals surface area contributed by atoms with E-state index in [1.165, 1.54) is 11.8 Å². The molecule has 1 aliphatic heterocycles. The Morgan fingerprint density at radius 2 is 1.71 bits per heavy atom. The highest BCUT2D eigenvalue weighted by molar-refractivity contribution is 7.99. The molecule has 2 aromatic carbocycles. The zero-order valence-corrected chi connectivity index (χ0v) is 19.9. The van der Waals surface area contributed by atoms with Crippen molar-refractivity contribution in [3.05, 3.63) is 72.4 Å². The summed E-state index contributed by atoms with van der Waals surface area (Å²) >= 11 is 1.49. The van der Waals surface area contributed by atoms with E-state index in [0.29, 0.717) is 11.6 Å². The fourth-order valence-electron chi connectivity index (χ4n) is 3.35. The Balaban J connectivity index is 1.38. The molecule has 180 valence electrons. The lowest BCUT2D eigenvalue weighted by Gasteiger charge is -2.28. The predicted molar refractivity (Wildman–Crippen MR) is 135 cm³/mol. The molecule has 1 saturated heterocycles. The average Bonchev–Trinajstić information content (AvgIpc) is 2.87. The van der Waals surface area contributed by atoms with Crippen LogP contribution >= 0.6 is 11.8 Å². The topological polar surface area (TPSA) is 117 Å². The summed E-state index contributed by atoms with van der Waals surface area (Å²) in [5.41, 5.74) is 3.58. The van der Waals surface area contributed by atoms with Gasteiger partial charge in [0.25, 0.3) is 0 Å². The highest BCUT2D eigenvalue weighted by Crippen LogP contribution is 2.30. The molecule has 4 rings (SSSR count). The number of carboxylic acids is 1. The number of aromatic nitrogens is 2. The van der Waals surface area contributed by atoms with Crippen LogP contribution in [0.1, 0.15) is 5.56 Å². The van der Waals surface area contributed by atoms with Gasteiger partial charge in [-0.15, -0.1) is 0 Å². The van der Waals surface area contributed by atoms with E-state index < -0.39 is 11.9 Å². The number of carboxylic acid groups (broad SMARTS) is 1. The quantitative estimate of drug-likeness (QED) is 0.316. The number of hydrogen-bond donors (Lipinski definition) is 3. The molecular weight excluding hydrogens is 466 g/mol. The monoisotopic (exact) mass is 491 g/mol. The fourth-order valence-corrected chi connectivity index (χ4v) is 4.19. The maximum atomic E-state index is 11.7. The Morgan fingerprint density at radius 3 is 2.40 bits per heavy atom. The van der Waals surface area contributed by atoms with Gasteiger partial charge in [-0.3, -0.25) is 4.79 Å². The molecule has 10 heteroatoms. The number of nitrogens with one attached hydrogen (secondary N) is 2. The van der Waals surface area contributed by atoms with Crippen molar-refractivity contribution in [1.82, 2.24) is 9.97 Å². The van der Waals surface area contributed by atoms with Crippen molar-refractivity contribution in [2.75, 3.05) is 41.8 Å². The van der Waals surface area contributed by atoms with Crippen molar-refractivity contribution in [3.8, 4) is 0 Å². The van der Waals surface area contributed by atoms with Crippen LogP contribution in [0.15, 0.2) is 76.8 Å². The van der Waals surface area contributed by atoms with Crippen LogP contribution in [0.5, 0.6) is 0 Å². The van der Waals surface area contributed by atoms with Crippen molar-refractivity contribution < 1.29 is 19.4 Å². The van der Waals surface area contributed by atoms with Crippen LogP contribution in [0, 0.1) is 6.92 Å². The molecular formula is C25H25N5O4S. The van der Waals surface area contributed by atoms with E-state index in [0.717, 1.165) is 65.3 Å². The molecule has 0 saturated carbocycles. The second-order valence-electron chi connectivity index (χ2n) is 7.74. The molecule has 0 unspecified atom stereocenters. The van der Waals surface area contributed by atoms with Gasteiger partial charge in [0.05, 0.1) is 13.2 Å². The van der Waals surface area contributed by atoms with Gasteiger partial charge in [0.15, 0.2) is 0 Å². The standard InChI is InChI=1S/C25H25N5O4S/c1-17-16-26-25(28-19-2-6-20(7-3-19)30-12-14-34-15-13-30)29-24(17)35-21-8-4-18(5-9-21)27-22(31)10-11-23(32)33/h2-11,16H,12-15H2,1H3,(H,27,31)(H,32,33)(H,26,28,29)/b11-10+. The van der Waals surface area contributed by atoms with Crippen LogP contribution in [0.2, 0.25) is 0 Å². The molecule has 1 aliphatic rings. The van der Waals surface area contributed by atoms with Gasteiger partial charge >= 0.3 is 5.97 Å². The number of ether oxygens (including phenoxy) is 1. The summed E-state index contributed by atoms with van der Waals surface area (Å²) in [6.45, 7) is 5.23. The van der Waals surface area contributed by atoms with Crippen molar-refractivity contribution in [2.45, 2.75) is 16.8 Å². The first-order valence-corrected chi connectivity index (χ1v) is 11.8. The number of aryl methyl sites for hydroxylation is 1. The first-order valence-electron chi connectivity index (χ1n) is 11.0. The third-order valence-corrected chi connectivity index (χ3v) is 6.25. The second-order valence-corrected chi connectivity index (χ2v) is 8.80. The molecule has 0 spiro atoms. The Hall–Kier alpha value is -3.89. The van der Waals surface area contributed by atoms with E-state index in [9.17, 15) is 9.59 Å². The molecule has 1 aromatic heterocycles. The number of hydrogen-bond acceptors (Lipinski definition) is 8. The lowest BCUT2D eigenvalue weighted by atomic mass is 10.2. The van der Waals surface area contributed by atoms with Gasteiger partial charge in [-0.25, -0.2) is 14.8 Å². The lowest BCUT2D eigenvalue weighted by molar-refractivity contribution is -0.131. The van der Waals surface area contributed by atoms with Gasteiger partial charge < -0.3 is 25.4 Å². The molecule has 0 atom stereocenters. The number of carbonyl (C=O) groups is 2. The summed E-state index contributed by atoms with van der Waals surface area (Å²) in [7, 11) is 0. The minimum atomic E-state index is -1.18. The second kappa shape index (κ2) is 11.5. The predicted octanol–water partition coefficient (Wildman–Crippen LogP) is 4.10. The zero-order chi connectivity index (χ0) is 24.6. The van der Waals surface area contributed by atoms with Crippen LogP contribution < -0.4 is 15.5 Å². The maximum Gasteiger partial charge on any atom is 0.328 e. The van der Waals surface area contributed by atoms with E-state index in [1.54, 1.807) is 18.3 Å². The van der Waals surface area contributed by atoms with E-state index in [2.05, 4.69) is 37.6 Å². The minimum Gasteiger partial charge on any atom is -0.478 e. The highest BCUT2D eigenvalue weighted by Gasteiger charge is 2.11. The third-order valence-electron chi connectivity index (χ3n) is 5.14. The highest BCUT2D eigenvalue weighted by atomic mass is 32.2. The molecule has 1 fully saturated rings. The molecule has 3 N–H and O–H groups in total. The van der Waals surface area contributed by atoms with Gasteiger partial charge in [-0.2, -0.15) is 0 Å². The van der Waals surface area contributed by atoms with E-state index >= 15 is 0 Å². The summed E-state index contributed by atoms with van der Waals surface area (Å²) < 4.78 is 5.41. The number of nitrogens with zero attached hydrogens (tertiary/aromatic N) is 3. The van der Waals surface area contributed by atoms with E-state index in [-0.39, 0.29) is 0 Å². The van der Waals surface area contributed by atoms with Crippen molar-refractivity contribution in [1.29, 1.82) is 0 Å². The lowest BCUT2D eigenvalue weighted by Crippen LogP contribution is -2.36. The Bertz CT molecular complexity index is 1210. The molecule has 0 aliphatic carbocycles. The number of carbonyl (C=O) groups excluding carboxylic acids is 1. The molecule has 35 heavy (non-hydrogen) atoms. The average molecular weight is 492 g/mol. The summed E-state index contributed by atoms with van der Waals surface area (Å²) in [5.74, 6) is -1.18. The fraction of sp³-hybridized carbons (Fsp3) is 0.200. The third kappa shape index (κ3) is 7.05. The smallest absolute Gasteiger partial charge is 0.328 e. The number of rotatable bonds is 8. The van der Waals surface area contributed by atoms with Gasteiger partial charge in [0.2, 0.25) is 11.9 Å². The van der Waals surface area contributed by atoms with E-state index in [1.807, 2.05) is 31.2 Å². The SMILES string of the molecule is Cc1cnc(Nc2ccc(N3CCOCC3)cc2)nc1Sc1ccc(NC(=O)/C=C/C(=O)O)cc1. The van der Waals surface area contributed by atoms with Crippen LogP contribution in [0.25, 0.3) is 0 Å². The number of amides is 1. The van der Waals surface area contributed by atoms with Gasteiger partial charge in [0, 0.05) is 59.0 Å². The van der Waals surface area contributed by atoms with Gasteiger partial charge in [0.1, 0.15) is 5.03 Å².